The normalized spacial score (nSPS) is 28.7. The summed E-state index contributed by atoms with van der Waals surface area (Å²) in [5.41, 5.74) is -2.03. The molecule has 0 aliphatic heterocycles. The van der Waals surface area contributed by atoms with Crippen molar-refractivity contribution in [3.05, 3.63) is 0 Å². The van der Waals surface area contributed by atoms with E-state index in [1.165, 1.54) is 0 Å². The molecular weight excluding hydrogens is 345 g/mol. The van der Waals surface area contributed by atoms with Crippen LogP contribution in [0.1, 0.15) is 70.6 Å². The average Bonchev–Trinajstić information content (AvgIpc) is 2.68. The van der Waals surface area contributed by atoms with Gasteiger partial charge >= 0.3 is 154 Å². The van der Waals surface area contributed by atoms with E-state index in [1.807, 2.05) is 0 Å². The summed E-state index contributed by atoms with van der Waals surface area (Å²) < 4.78 is 0. The van der Waals surface area contributed by atoms with Crippen molar-refractivity contribution in [3.8, 4) is 0 Å². The van der Waals surface area contributed by atoms with Gasteiger partial charge in [-0.3, -0.25) is 0 Å². The minimum atomic E-state index is -0.722. The topological polar surface area (TPSA) is 60.7 Å². The van der Waals surface area contributed by atoms with Gasteiger partial charge in [-0.25, -0.2) is 0 Å². The zero-order chi connectivity index (χ0) is 12.9. The third-order valence-corrected chi connectivity index (χ3v) is 5.85. The summed E-state index contributed by atoms with van der Waals surface area (Å²) in [6.45, 7) is 0. The second-order valence-corrected chi connectivity index (χ2v) is 7.10. The molecule has 6 heteroatoms. The first kappa shape index (κ1) is 25.8. The first-order valence-electron chi connectivity index (χ1n) is 7.63. The molecule has 0 bridgehead atoms. The van der Waals surface area contributed by atoms with E-state index in [2.05, 4.69) is 0 Å². The molecule has 3 rings (SSSR count). The van der Waals surface area contributed by atoms with Crippen LogP contribution in [0.2, 0.25) is 0 Å². The predicted octanol–water partition coefficient (Wildman–Crippen LogP) is 0.182. The van der Waals surface area contributed by atoms with Crippen molar-refractivity contribution in [2.24, 2.45) is 5.92 Å². The van der Waals surface area contributed by atoms with E-state index in [4.69, 9.17) is 0 Å². The summed E-state index contributed by atoms with van der Waals surface area (Å²) >= 11 is 0. The molecule has 3 aliphatic rings. The number of rotatable bonds is 4. The van der Waals surface area contributed by atoms with Crippen LogP contribution < -0.4 is 0 Å². The van der Waals surface area contributed by atoms with Gasteiger partial charge in [-0.05, 0) is 57.8 Å². The summed E-state index contributed by atoms with van der Waals surface area (Å²) in [6.07, 6.45) is 9.74. The Morgan fingerprint density at radius 3 is 1.29 bits per heavy atom. The molecular formula is C15H29K3O3. The van der Waals surface area contributed by atoms with Crippen molar-refractivity contribution in [3.63, 3.8) is 0 Å². The Morgan fingerprint density at radius 1 is 0.619 bits per heavy atom. The molecule has 1 atom stereocenters. The Hall–Kier alpha value is 4.79. The Bertz CT molecular complexity index is 324. The Labute approximate surface area is 256 Å². The fraction of sp³-hybridized carbons (Fsp3) is 1.00. The molecule has 3 saturated carbocycles. The van der Waals surface area contributed by atoms with E-state index in [0.29, 0.717) is 6.42 Å². The van der Waals surface area contributed by atoms with Gasteiger partial charge in [0, 0.05) is 5.92 Å². The molecule has 0 amide bonds. The van der Waals surface area contributed by atoms with Crippen LogP contribution >= 0.6 is 0 Å². The summed E-state index contributed by atoms with van der Waals surface area (Å²) in [4.78, 5) is 0. The Balaban J connectivity index is 0.00000133. The van der Waals surface area contributed by atoms with Crippen LogP contribution in [0.15, 0.2) is 0 Å². The molecule has 3 N–H and O–H groups in total. The van der Waals surface area contributed by atoms with Gasteiger partial charge in [-0.2, -0.15) is 0 Å². The number of hydrogen-bond donors (Lipinski definition) is 3. The molecule has 3 fully saturated rings. The van der Waals surface area contributed by atoms with Crippen LogP contribution in [0.25, 0.3) is 0 Å². The van der Waals surface area contributed by atoms with Gasteiger partial charge in [-0.15, -0.1) is 0 Å². The van der Waals surface area contributed by atoms with E-state index < -0.39 is 16.8 Å². The molecule has 110 valence electrons. The third kappa shape index (κ3) is 5.88. The molecule has 3 nitrogen and oxygen atoms in total. The van der Waals surface area contributed by atoms with E-state index in [0.717, 1.165) is 64.2 Å². The molecule has 0 aromatic carbocycles. The van der Waals surface area contributed by atoms with Gasteiger partial charge < -0.3 is 15.3 Å². The first-order chi connectivity index (χ1) is 8.46. The summed E-state index contributed by atoms with van der Waals surface area (Å²) in [5, 5.41) is 32.0. The monoisotopic (exact) mass is 374 g/mol. The maximum atomic E-state index is 10.9. The van der Waals surface area contributed by atoms with Crippen molar-refractivity contribution in [1.82, 2.24) is 0 Å². The molecule has 21 heavy (non-hydrogen) atoms. The molecule has 3 aliphatic carbocycles. The second-order valence-electron chi connectivity index (χ2n) is 7.10. The first-order valence-corrected chi connectivity index (χ1v) is 7.63. The Morgan fingerprint density at radius 2 is 1.00 bits per heavy atom. The predicted molar refractivity (Wildman–Crippen MR) is 90.6 cm³/mol. The van der Waals surface area contributed by atoms with Crippen LogP contribution in [0.3, 0.4) is 0 Å². The van der Waals surface area contributed by atoms with Crippen LogP contribution in [-0.2, 0) is 0 Å². The van der Waals surface area contributed by atoms with Gasteiger partial charge in [0.25, 0.3) is 0 Å². The van der Waals surface area contributed by atoms with Gasteiger partial charge in [0.15, 0.2) is 0 Å². The zero-order valence-corrected chi connectivity index (χ0v) is 11.2. The van der Waals surface area contributed by atoms with Gasteiger partial charge in [0.2, 0.25) is 0 Å². The van der Waals surface area contributed by atoms with Crippen molar-refractivity contribution in [2.45, 2.75) is 87.4 Å². The standard InChI is InChI=1S/C15H26O3.3K.3H/c16-13(5-3-6-13)11-12(15(18)9-4-10-15)14(17)7-1-2-8-14;;;;;;/h12,16-18H,1-11H2;;;;;;. The molecule has 1 unspecified atom stereocenters. The SMILES string of the molecule is OC1(CC(C2(O)CCCC2)C2(O)CCC2)CCC1.[KH].[KH].[KH]. The van der Waals surface area contributed by atoms with Crippen molar-refractivity contribution in [2.75, 3.05) is 0 Å². The molecule has 0 radical (unpaired) electrons. The van der Waals surface area contributed by atoms with Crippen molar-refractivity contribution >= 4 is 154 Å². The fourth-order valence-electron chi connectivity index (χ4n) is 4.27. The summed E-state index contributed by atoms with van der Waals surface area (Å²) in [5.74, 6) is -0.119. The van der Waals surface area contributed by atoms with E-state index >= 15 is 0 Å². The van der Waals surface area contributed by atoms with Gasteiger partial charge in [-0.1, -0.05) is 12.8 Å². The second kappa shape index (κ2) is 10.4. The molecule has 0 spiro atoms. The summed E-state index contributed by atoms with van der Waals surface area (Å²) in [7, 11) is 0. The molecule has 0 aromatic rings. The van der Waals surface area contributed by atoms with Crippen molar-refractivity contribution < 1.29 is 15.3 Å². The number of aliphatic hydroxyl groups is 3. The van der Waals surface area contributed by atoms with E-state index in [1.54, 1.807) is 0 Å². The van der Waals surface area contributed by atoms with Crippen LogP contribution in [-0.4, -0.2) is 186 Å². The maximum absolute atomic E-state index is 10.9. The van der Waals surface area contributed by atoms with Crippen molar-refractivity contribution in [1.29, 1.82) is 0 Å². The van der Waals surface area contributed by atoms with Crippen LogP contribution in [0.5, 0.6) is 0 Å². The van der Waals surface area contributed by atoms with Crippen LogP contribution in [0, 0.1) is 5.92 Å². The van der Waals surface area contributed by atoms with E-state index in [9.17, 15) is 15.3 Å². The minimum absolute atomic E-state index is 0. The Kier molecular flexibility index (Phi) is 12.7. The summed E-state index contributed by atoms with van der Waals surface area (Å²) in [6, 6.07) is 0. The molecule has 0 heterocycles. The van der Waals surface area contributed by atoms with Gasteiger partial charge in [0.05, 0.1) is 16.8 Å². The zero-order valence-electron chi connectivity index (χ0n) is 11.2. The average molecular weight is 375 g/mol. The third-order valence-electron chi connectivity index (χ3n) is 5.85. The fourth-order valence-corrected chi connectivity index (χ4v) is 4.27. The number of hydrogen-bond acceptors (Lipinski definition) is 3. The molecule has 0 aromatic heterocycles. The van der Waals surface area contributed by atoms with E-state index in [-0.39, 0.29) is 160 Å². The quantitative estimate of drug-likeness (QED) is 0.615. The van der Waals surface area contributed by atoms with Crippen LogP contribution in [0.4, 0.5) is 0 Å². The molecule has 0 saturated heterocycles. The van der Waals surface area contributed by atoms with Gasteiger partial charge in [0.1, 0.15) is 0 Å².